The molecule has 0 aromatic heterocycles. The van der Waals surface area contributed by atoms with Crippen LogP contribution in [-0.4, -0.2) is 29.8 Å². The third-order valence-electron chi connectivity index (χ3n) is 6.57. The Morgan fingerprint density at radius 3 is 2.60 bits per heavy atom. The minimum atomic E-state index is -0.967. The van der Waals surface area contributed by atoms with Gasteiger partial charge in [-0.1, -0.05) is 60.0 Å². The van der Waals surface area contributed by atoms with Gasteiger partial charge in [0.1, 0.15) is 5.41 Å². The zero-order valence-electron chi connectivity index (χ0n) is 17.2. The monoisotopic (exact) mass is 442 g/mol. The molecule has 0 aliphatic carbocycles. The molecule has 2 aliphatic rings. The van der Waals surface area contributed by atoms with Gasteiger partial charge in [-0.2, -0.15) is 0 Å². The minimum Gasteiger partial charge on any atom is -0.338 e. The molecule has 4 nitrogen and oxygen atoms in total. The van der Waals surface area contributed by atoms with Crippen LogP contribution in [0.3, 0.4) is 0 Å². The largest absolute Gasteiger partial charge is 0.338 e. The minimum absolute atomic E-state index is 0.0126. The zero-order chi connectivity index (χ0) is 21.6. The molecule has 0 unspecified atom stereocenters. The summed E-state index contributed by atoms with van der Waals surface area (Å²) in [6.07, 6.45) is 2.99. The highest BCUT2D eigenvalue weighted by Gasteiger charge is 2.62. The molecule has 2 aromatic rings. The van der Waals surface area contributed by atoms with Crippen molar-refractivity contribution in [2.45, 2.75) is 44.1 Å². The van der Waals surface area contributed by atoms with Crippen LogP contribution in [-0.2, 0) is 15.0 Å². The van der Waals surface area contributed by atoms with E-state index in [1.54, 1.807) is 24.1 Å². The van der Waals surface area contributed by atoms with Gasteiger partial charge in [0.05, 0.1) is 6.04 Å². The van der Waals surface area contributed by atoms with Gasteiger partial charge in [0.15, 0.2) is 0 Å². The standard InChI is InChI=1S/C24H24Cl2N2O2/c1-4-14(5-2)22-24(18-10-9-17(26)12-20(18)27-23(24)30)19(13-21(29)28(22)3)15-7-6-8-16(25)11-15/h4,6-12,19,22H,5,13H2,1-3H3,(H,27,30)/b14-4-/t19-,22+,24-/m1/s1. The van der Waals surface area contributed by atoms with Gasteiger partial charge in [-0.25, -0.2) is 0 Å². The number of amides is 2. The van der Waals surface area contributed by atoms with Crippen LogP contribution in [0, 0.1) is 0 Å². The number of halogens is 2. The third-order valence-corrected chi connectivity index (χ3v) is 7.04. The fourth-order valence-corrected chi connectivity index (χ4v) is 5.64. The number of benzene rings is 2. The number of hydrogen-bond acceptors (Lipinski definition) is 2. The lowest BCUT2D eigenvalue weighted by Gasteiger charge is -2.51. The highest BCUT2D eigenvalue weighted by atomic mass is 35.5. The van der Waals surface area contributed by atoms with Gasteiger partial charge in [0, 0.05) is 35.1 Å². The van der Waals surface area contributed by atoms with E-state index in [-0.39, 0.29) is 24.2 Å². The average Bonchev–Trinajstić information content (AvgIpc) is 2.99. The maximum Gasteiger partial charge on any atom is 0.238 e. The molecule has 4 rings (SSSR count). The van der Waals surface area contributed by atoms with Crippen LogP contribution in [0.1, 0.15) is 43.7 Å². The van der Waals surface area contributed by atoms with Crippen molar-refractivity contribution in [3.05, 3.63) is 75.3 Å². The molecule has 1 fully saturated rings. The van der Waals surface area contributed by atoms with Crippen molar-refractivity contribution in [2.24, 2.45) is 0 Å². The van der Waals surface area contributed by atoms with Crippen LogP contribution in [0.15, 0.2) is 54.1 Å². The third kappa shape index (κ3) is 2.97. The van der Waals surface area contributed by atoms with Crippen LogP contribution in [0.4, 0.5) is 5.69 Å². The molecule has 0 bridgehead atoms. The van der Waals surface area contributed by atoms with E-state index >= 15 is 0 Å². The Kier molecular flexibility index (Phi) is 5.41. The molecular formula is C24H24Cl2N2O2. The summed E-state index contributed by atoms with van der Waals surface area (Å²) in [5, 5.41) is 4.20. The molecule has 1 saturated heterocycles. The number of nitrogens with zero attached hydrogens (tertiary/aromatic N) is 1. The lowest BCUT2D eigenvalue weighted by atomic mass is 9.58. The lowest BCUT2D eigenvalue weighted by molar-refractivity contribution is -0.141. The van der Waals surface area contributed by atoms with E-state index in [4.69, 9.17) is 23.2 Å². The van der Waals surface area contributed by atoms with Crippen LogP contribution < -0.4 is 5.32 Å². The van der Waals surface area contributed by atoms with E-state index in [2.05, 4.69) is 12.2 Å². The van der Waals surface area contributed by atoms with Crippen molar-refractivity contribution in [1.29, 1.82) is 0 Å². The molecule has 3 atom stereocenters. The van der Waals surface area contributed by atoms with Crippen LogP contribution in [0.2, 0.25) is 10.0 Å². The molecule has 0 radical (unpaired) electrons. The molecule has 2 aliphatic heterocycles. The summed E-state index contributed by atoms with van der Waals surface area (Å²) in [6.45, 7) is 4.02. The summed E-state index contributed by atoms with van der Waals surface area (Å²) in [5.74, 6) is -0.450. The van der Waals surface area contributed by atoms with E-state index in [0.29, 0.717) is 15.7 Å². The first-order valence-corrected chi connectivity index (χ1v) is 10.9. The second kappa shape index (κ2) is 7.75. The predicted molar refractivity (Wildman–Crippen MR) is 121 cm³/mol. The average molecular weight is 443 g/mol. The fraction of sp³-hybridized carbons (Fsp3) is 0.333. The Balaban J connectivity index is 2.06. The number of rotatable bonds is 3. The number of piperidine rings is 1. The van der Waals surface area contributed by atoms with Gasteiger partial charge in [-0.15, -0.1) is 0 Å². The quantitative estimate of drug-likeness (QED) is 0.632. The SMILES string of the molecule is C/C=C(/CC)[C@@H]1N(C)C(=O)C[C@H](c2cccc(Cl)c2)[C@@]12C(=O)Nc1cc(Cl)ccc12. The number of hydrogen-bond donors (Lipinski definition) is 1. The smallest absolute Gasteiger partial charge is 0.238 e. The Morgan fingerprint density at radius 2 is 1.93 bits per heavy atom. The molecular weight excluding hydrogens is 419 g/mol. The zero-order valence-corrected chi connectivity index (χ0v) is 18.7. The maximum absolute atomic E-state index is 13.8. The Labute approximate surface area is 186 Å². The summed E-state index contributed by atoms with van der Waals surface area (Å²) < 4.78 is 0. The fourth-order valence-electron chi connectivity index (χ4n) is 5.27. The van der Waals surface area contributed by atoms with Crippen LogP contribution in [0.5, 0.6) is 0 Å². The number of allylic oxidation sites excluding steroid dienone is 1. The van der Waals surface area contributed by atoms with E-state index < -0.39 is 11.5 Å². The highest BCUT2D eigenvalue weighted by molar-refractivity contribution is 6.31. The summed E-state index contributed by atoms with van der Waals surface area (Å²) in [4.78, 5) is 28.7. The summed E-state index contributed by atoms with van der Waals surface area (Å²) in [6, 6.07) is 12.6. The van der Waals surface area contributed by atoms with E-state index in [9.17, 15) is 9.59 Å². The van der Waals surface area contributed by atoms with Gasteiger partial charge in [0.25, 0.3) is 0 Å². The van der Waals surface area contributed by atoms with Gasteiger partial charge >= 0.3 is 0 Å². The number of carbonyl (C=O) groups is 2. The number of fused-ring (bicyclic) bond motifs is 2. The summed E-state index contributed by atoms with van der Waals surface area (Å²) in [7, 11) is 1.79. The molecule has 2 amide bonds. The first-order chi connectivity index (χ1) is 14.3. The number of anilines is 1. The Bertz CT molecular complexity index is 1060. The second-order valence-electron chi connectivity index (χ2n) is 7.95. The van der Waals surface area contributed by atoms with Gasteiger partial charge in [0.2, 0.25) is 11.8 Å². The van der Waals surface area contributed by atoms with Crippen molar-refractivity contribution >= 4 is 40.7 Å². The summed E-state index contributed by atoms with van der Waals surface area (Å²) >= 11 is 12.5. The van der Waals surface area contributed by atoms with E-state index in [1.165, 1.54) is 0 Å². The van der Waals surface area contributed by atoms with Crippen molar-refractivity contribution < 1.29 is 9.59 Å². The van der Waals surface area contributed by atoms with Crippen molar-refractivity contribution in [3.8, 4) is 0 Å². The van der Waals surface area contributed by atoms with Crippen molar-refractivity contribution in [2.75, 3.05) is 12.4 Å². The maximum atomic E-state index is 13.8. The van der Waals surface area contributed by atoms with Gasteiger partial charge in [-0.05, 0) is 48.7 Å². The van der Waals surface area contributed by atoms with Crippen LogP contribution >= 0.6 is 23.2 Å². The second-order valence-corrected chi connectivity index (χ2v) is 8.82. The molecule has 0 saturated carbocycles. The number of carbonyl (C=O) groups excluding carboxylic acids is 2. The first kappa shape index (κ1) is 21.0. The van der Waals surface area contributed by atoms with Crippen molar-refractivity contribution in [1.82, 2.24) is 4.90 Å². The number of likely N-dealkylation sites (tertiary alicyclic amines) is 1. The molecule has 30 heavy (non-hydrogen) atoms. The molecule has 2 heterocycles. The van der Waals surface area contributed by atoms with Gasteiger partial charge in [-0.3, -0.25) is 9.59 Å². The predicted octanol–water partition coefficient (Wildman–Crippen LogP) is 5.55. The number of likely N-dealkylation sites (N-methyl/N-ethyl adjacent to an activating group) is 1. The highest BCUT2D eigenvalue weighted by Crippen LogP contribution is 2.56. The lowest BCUT2D eigenvalue weighted by Crippen LogP contribution is -2.62. The van der Waals surface area contributed by atoms with Crippen LogP contribution in [0.25, 0.3) is 0 Å². The first-order valence-electron chi connectivity index (χ1n) is 10.1. The normalized spacial score (nSPS) is 26.2. The molecule has 1 spiro atoms. The summed E-state index contributed by atoms with van der Waals surface area (Å²) in [5.41, 5.74) is 2.55. The molecule has 6 heteroatoms. The Morgan fingerprint density at radius 1 is 1.20 bits per heavy atom. The van der Waals surface area contributed by atoms with Crippen molar-refractivity contribution in [3.63, 3.8) is 0 Å². The Hall–Kier alpha value is -2.30. The van der Waals surface area contributed by atoms with E-state index in [1.807, 2.05) is 43.3 Å². The number of nitrogens with one attached hydrogen (secondary N) is 1. The van der Waals surface area contributed by atoms with E-state index in [0.717, 1.165) is 23.1 Å². The molecule has 2 aromatic carbocycles. The van der Waals surface area contributed by atoms with Gasteiger partial charge < -0.3 is 10.2 Å². The molecule has 1 N–H and O–H groups in total. The topological polar surface area (TPSA) is 49.4 Å². The molecule has 156 valence electrons.